The minimum atomic E-state index is 0.0261. The lowest BCUT2D eigenvalue weighted by molar-refractivity contribution is -0.121. The van der Waals surface area contributed by atoms with E-state index in [1.165, 1.54) is 5.69 Å². The Balaban J connectivity index is 2.08. The first-order valence-corrected chi connectivity index (χ1v) is 7.29. The van der Waals surface area contributed by atoms with Gasteiger partial charge in [-0.3, -0.25) is 4.79 Å². The van der Waals surface area contributed by atoms with Crippen LogP contribution in [0.15, 0.2) is 0 Å². The zero-order valence-electron chi connectivity index (χ0n) is 12.4. The van der Waals surface area contributed by atoms with Crippen molar-refractivity contribution in [3.05, 3.63) is 17.2 Å². The van der Waals surface area contributed by atoms with Gasteiger partial charge >= 0.3 is 0 Å². The Hall–Kier alpha value is -1.40. The van der Waals surface area contributed by atoms with Gasteiger partial charge in [-0.15, -0.1) is 0 Å². The number of carbonyl (C=O) groups is 1. The van der Waals surface area contributed by atoms with Crippen molar-refractivity contribution in [2.45, 2.75) is 39.3 Å². The fourth-order valence-electron chi connectivity index (χ4n) is 2.52. The van der Waals surface area contributed by atoms with E-state index in [0.717, 1.165) is 43.9 Å². The van der Waals surface area contributed by atoms with Gasteiger partial charge in [0.2, 0.25) is 5.91 Å². The van der Waals surface area contributed by atoms with Crippen molar-refractivity contribution in [2.24, 2.45) is 0 Å². The topological polar surface area (TPSA) is 68.2 Å². The molecule has 0 aliphatic carbocycles. The van der Waals surface area contributed by atoms with E-state index in [1.807, 2.05) is 0 Å². The highest BCUT2D eigenvalue weighted by atomic mass is 16.5. The molecule has 0 unspecified atom stereocenters. The van der Waals surface area contributed by atoms with E-state index in [4.69, 9.17) is 4.74 Å². The van der Waals surface area contributed by atoms with Crippen molar-refractivity contribution in [1.29, 1.82) is 0 Å². The Morgan fingerprint density at radius 3 is 3.15 bits per heavy atom. The molecule has 6 nitrogen and oxygen atoms in total. The molecule has 0 saturated carbocycles. The zero-order valence-corrected chi connectivity index (χ0v) is 12.4. The van der Waals surface area contributed by atoms with Gasteiger partial charge in [0.1, 0.15) is 12.4 Å². The maximum Gasteiger partial charge on any atom is 0.240 e. The summed E-state index contributed by atoms with van der Waals surface area (Å²) in [4.78, 5) is 16.7. The molecule has 1 aromatic rings. The maximum atomic E-state index is 12.0. The highest BCUT2D eigenvalue weighted by molar-refractivity contribution is 5.75. The summed E-state index contributed by atoms with van der Waals surface area (Å²) in [6, 6.07) is 0. The van der Waals surface area contributed by atoms with Crippen molar-refractivity contribution in [1.82, 2.24) is 20.2 Å². The molecule has 1 aromatic heterocycles. The monoisotopic (exact) mass is 280 g/mol. The van der Waals surface area contributed by atoms with Gasteiger partial charge in [-0.2, -0.15) is 0 Å². The van der Waals surface area contributed by atoms with Crippen LogP contribution in [-0.4, -0.2) is 42.3 Å². The van der Waals surface area contributed by atoms with Crippen molar-refractivity contribution in [3.8, 4) is 0 Å². The number of imidazole rings is 1. The molecule has 0 aromatic carbocycles. The van der Waals surface area contributed by atoms with Crippen molar-refractivity contribution >= 4 is 5.91 Å². The molecule has 0 saturated heterocycles. The SMILES string of the molecule is CCCc1nc2c(n1CC(=O)NCCOC)CCNC2. The van der Waals surface area contributed by atoms with Crippen LogP contribution in [0.1, 0.15) is 30.6 Å². The summed E-state index contributed by atoms with van der Waals surface area (Å²) >= 11 is 0. The molecule has 0 atom stereocenters. The van der Waals surface area contributed by atoms with Crippen molar-refractivity contribution < 1.29 is 9.53 Å². The molecule has 1 amide bonds. The van der Waals surface area contributed by atoms with Gasteiger partial charge in [-0.05, 0) is 6.42 Å². The standard InChI is InChI=1S/C14H24N4O2/c1-3-4-13-17-11-9-15-6-5-12(11)18(13)10-14(19)16-7-8-20-2/h15H,3-10H2,1-2H3,(H,16,19). The third kappa shape index (κ3) is 3.58. The second kappa shape index (κ2) is 7.40. The molecule has 0 fully saturated rings. The van der Waals surface area contributed by atoms with E-state index < -0.39 is 0 Å². The molecule has 2 N–H and O–H groups in total. The van der Waals surface area contributed by atoms with Crippen LogP contribution in [0.4, 0.5) is 0 Å². The molecule has 0 bridgehead atoms. The number of aryl methyl sites for hydroxylation is 1. The van der Waals surface area contributed by atoms with Crippen LogP contribution in [0.3, 0.4) is 0 Å². The Morgan fingerprint density at radius 1 is 1.55 bits per heavy atom. The second-order valence-corrected chi connectivity index (χ2v) is 5.03. The number of nitrogens with zero attached hydrogens (tertiary/aromatic N) is 2. The van der Waals surface area contributed by atoms with Gasteiger partial charge in [0.05, 0.1) is 12.3 Å². The molecule has 6 heteroatoms. The summed E-state index contributed by atoms with van der Waals surface area (Å²) in [5, 5.41) is 6.20. The summed E-state index contributed by atoms with van der Waals surface area (Å²) in [7, 11) is 1.63. The smallest absolute Gasteiger partial charge is 0.240 e. The number of carbonyl (C=O) groups excluding carboxylic acids is 1. The quantitative estimate of drug-likeness (QED) is 0.702. The lowest BCUT2D eigenvalue weighted by Crippen LogP contribution is -2.32. The number of hydrogen-bond acceptors (Lipinski definition) is 4. The fourth-order valence-corrected chi connectivity index (χ4v) is 2.52. The van der Waals surface area contributed by atoms with E-state index >= 15 is 0 Å². The minimum Gasteiger partial charge on any atom is -0.383 e. The Labute approximate surface area is 119 Å². The summed E-state index contributed by atoms with van der Waals surface area (Å²) < 4.78 is 7.04. The number of nitrogens with one attached hydrogen (secondary N) is 2. The van der Waals surface area contributed by atoms with Gasteiger partial charge < -0.3 is 19.9 Å². The van der Waals surface area contributed by atoms with Gasteiger partial charge in [0.25, 0.3) is 0 Å². The summed E-state index contributed by atoms with van der Waals surface area (Å²) in [5.41, 5.74) is 2.32. The first-order valence-electron chi connectivity index (χ1n) is 7.29. The summed E-state index contributed by atoms with van der Waals surface area (Å²) in [6.45, 7) is 5.35. The van der Waals surface area contributed by atoms with Gasteiger partial charge in [-0.1, -0.05) is 6.92 Å². The molecule has 2 heterocycles. The zero-order chi connectivity index (χ0) is 14.4. The Morgan fingerprint density at radius 2 is 2.40 bits per heavy atom. The maximum absolute atomic E-state index is 12.0. The number of amides is 1. The minimum absolute atomic E-state index is 0.0261. The van der Waals surface area contributed by atoms with Crippen LogP contribution < -0.4 is 10.6 Å². The van der Waals surface area contributed by atoms with Crippen molar-refractivity contribution in [2.75, 3.05) is 26.8 Å². The average molecular weight is 280 g/mol. The highest BCUT2D eigenvalue weighted by Gasteiger charge is 2.20. The molecule has 1 aliphatic rings. The van der Waals surface area contributed by atoms with Gasteiger partial charge in [-0.25, -0.2) is 4.98 Å². The Bertz CT molecular complexity index is 456. The van der Waals surface area contributed by atoms with E-state index in [-0.39, 0.29) is 5.91 Å². The largest absolute Gasteiger partial charge is 0.383 e. The highest BCUT2D eigenvalue weighted by Crippen LogP contribution is 2.17. The predicted octanol–water partition coefficient (Wildman–Crippen LogP) is 0.244. The van der Waals surface area contributed by atoms with Crippen LogP contribution in [0.25, 0.3) is 0 Å². The van der Waals surface area contributed by atoms with Gasteiger partial charge in [0.15, 0.2) is 0 Å². The molecular formula is C14H24N4O2. The molecule has 0 radical (unpaired) electrons. The first-order chi connectivity index (χ1) is 9.76. The van der Waals surface area contributed by atoms with E-state index in [1.54, 1.807) is 7.11 Å². The molecule has 112 valence electrons. The third-order valence-electron chi connectivity index (χ3n) is 3.47. The number of hydrogen-bond donors (Lipinski definition) is 2. The van der Waals surface area contributed by atoms with Crippen LogP contribution in [0.2, 0.25) is 0 Å². The number of rotatable bonds is 7. The molecule has 2 rings (SSSR count). The van der Waals surface area contributed by atoms with Crippen LogP contribution in [0.5, 0.6) is 0 Å². The predicted molar refractivity (Wildman–Crippen MR) is 76.5 cm³/mol. The van der Waals surface area contributed by atoms with Crippen LogP contribution in [0, 0.1) is 0 Å². The lowest BCUT2D eigenvalue weighted by atomic mass is 10.2. The first kappa shape index (κ1) is 15.0. The van der Waals surface area contributed by atoms with Gasteiger partial charge in [0, 0.05) is 45.3 Å². The molecule has 1 aliphatic heterocycles. The van der Waals surface area contributed by atoms with E-state index in [9.17, 15) is 4.79 Å². The van der Waals surface area contributed by atoms with Crippen LogP contribution >= 0.6 is 0 Å². The molecule has 0 spiro atoms. The number of ether oxygens (including phenoxy) is 1. The average Bonchev–Trinajstić information content (AvgIpc) is 2.78. The molecular weight excluding hydrogens is 256 g/mol. The second-order valence-electron chi connectivity index (χ2n) is 5.03. The third-order valence-corrected chi connectivity index (χ3v) is 3.47. The van der Waals surface area contributed by atoms with E-state index in [0.29, 0.717) is 19.7 Å². The summed E-state index contributed by atoms with van der Waals surface area (Å²) in [6.07, 6.45) is 2.89. The van der Waals surface area contributed by atoms with Crippen LogP contribution in [-0.2, 0) is 35.5 Å². The normalized spacial score (nSPS) is 14.1. The lowest BCUT2D eigenvalue weighted by Gasteiger charge is -2.16. The Kier molecular flexibility index (Phi) is 5.55. The van der Waals surface area contributed by atoms with E-state index in [2.05, 4.69) is 27.1 Å². The number of fused-ring (bicyclic) bond motifs is 1. The fraction of sp³-hybridized carbons (Fsp3) is 0.714. The summed E-state index contributed by atoms with van der Waals surface area (Å²) in [5.74, 6) is 1.06. The number of methoxy groups -OCH3 is 1. The van der Waals surface area contributed by atoms with Crippen molar-refractivity contribution in [3.63, 3.8) is 0 Å². The molecule has 20 heavy (non-hydrogen) atoms. The number of aromatic nitrogens is 2.